The summed E-state index contributed by atoms with van der Waals surface area (Å²) in [6, 6.07) is 0. The van der Waals surface area contributed by atoms with Gasteiger partial charge in [0, 0.05) is 14.2 Å². The predicted molar refractivity (Wildman–Crippen MR) is 42.7 cm³/mol. The van der Waals surface area contributed by atoms with E-state index in [9.17, 15) is 0 Å². The Balaban J connectivity index is 0. The molecule has 0 aromatic rings. The first kappa shape index (κ1) is 14.3. The summed E-state index contributed by atoms with van der Waals surface area (Å²) in [5.74, 6) is 0. The van der Waals surface area contributed by atoms with Crippen molar-refractivity contribution in [1.82, 2.24) is 0 Å². The molecule has 0 atom stereocenters. The van der Waals surface area contributed by atoms with E-state index in [1.165, 1.54) is 0 Å². The van der Waals surface area contributed by atoms with E-state index in [1.807, 2.05) is 0 Å². The van der Waals surface area contributed by atoms with Crippen molar-refractivity contribution in [2.75, 3.05) is 14.2 Å². The predicted octanol–water partition coefficient (Wildman–Crippen LogP) is 2.21. The summed E-state index contributed by atoms with van der Waals surface area (Å²) in [6.07, 6.45) is 0. The molecular weight excluding hydrogens is 276 g/mol. The van der Waals surface area contributed by atoms with Gasteiger partial charge in [-0.3, -0.25) is 0 Å². The molecule has 0 unspecified atom stereocenters. The molecule has 2 nitrogen and oxygen atoms in total. The fraction of sp³-hybridized carbons (Fsp3) is 0.667. The Morgan fingerprint density at radius 2 is 1.40 bits per heavy atom. The van der Waals surface area contributed by atoms with Gasteiger partial charge in [-0.1, -0.05) is 0 Å². The van der Waals surface area contributed by atoms with Crippen LogP contribution in [0.2, 0.25) is 0 Å². The van der Waals surface area contributed by atoms with E-state index in [2.05, 4.69) is 16.1 Å². The third-order valence-electron chi connectivity index (χ3n) is 0.526. The Labute approximate surface area is 80.6 Å². The summed E-state index contributed by atoms with van der Waals surface area (Å²) in [5.41, 5.74) is 0. The summed E-state index contributed by atoms with van der Waals surface area (Å²) >= 11 is -2.13. The molecule has 0 N–H and O–H groups in total. The van der Waals surface area contributed by atoms with Crippen LogP contribution in [0.15, 0.2) is 0 Å². The van der Waals surface area contributed by atoms with Gasteiger partial charge in [0.15, 0.2) is 0 Å². The van der Waals surface area contributed by atoms with Gasteiger partial charge in [0.05, 0.1) is 0 Å². The van der Waals surface area contributed by atoms with E-state index in [0.717, 1.165) is 0 Å². The Morgan fingerprint density at radius 3 is 1.40 bits per heavy atom. The number of rotatable bonds is 2. The normalized spacial score (nSPS) is 7.80. The third kappa shape index (κ3) is 22.6. The average molecular weight is 284 g/mol. The summed E-state index contributed by atoms with van der Waals surface area (Å²) in [7, 11) is 17.8. The molecule has 0 aromatic carbocycles. The molecule has 10 heavy (non-hydrogen) atoms. The Hall–Kier alpha value is 1.74. The Kier molecular flexibility index (Phi) is 15.3. The summed E-state index contributed by atoms with van der Waals surface area (Å²) in [5, 5.41) is 0. The van der Waals surface area contributed by atoms with Gasteiger partial charge < -0.3 is 16.1 Å². The topological polar surface area (TPSA) is 18.5 Å². The van der Waals surface area contributed by atoms with Crippen LogP contribution in [0.5, 0.6) is 0 Å². The van der Waals surface area contributed by atoms with Gasteiger partial charge in [0.2, 0.25) is 0 Å². The fourth-order valence-corrected chi connectivity index (χ4v) is 0.0962. The molecule has 0 fully saturated rings. The summed E-state index contributed by atoms with van der Waals surface area (Å²) in [6.45, 7) is 3.43. The van der Waals surface area contributed by atoms with E-state index in [0.29, 0.717) is 0 Å². The zero-order valence-corrected chi connectivity index (χ0v) is 10.5. The summed E-state index contributed by atoms with van der Waals surface area (Å²) < 4.78 is 9.13. The molecule has 7 heteroatoms. The molecule has 0 amide bonds. The van der Waals surface area contributed by atoms with Gasteiger partial charge in [-0.25, -0.2) is 0 Å². The number of halogens is 3. The second-order valence-corrected chi connectivity index (χ2v) is 12.3. The van der Waals surface area contributed by atoms with Crippen LogP contribution in [0.3, 0.4) is 0 Å². The summed E-state index contributed by atoms with van der Waals surface area (Å²) in [4.78, 5) is 0. The van der Waals surface area contributed by atoms with Crippen LogP contribution in [-0.2, 0) is 27.5 Å². The molecule has 0 aliphatic rings. The van der Waals surface area contributed by atoms with Gasteiger partial charge in [-0.15, -0.1) is 0 Å². The van der Waals surface area contributed by atoms with Crippen LogP contribution in [0.1, 0.15) is 0 Å². The quantitative estimate of drug-likeness (QED) is 0.572. The van der Waals surface area contributed by atoms with Crippen molar-refractivity contribution in [3.05, 3.63) is 6.82 Å². The van der Waals surface area contributed by atoms with Crippen molar-refractivity contribution in [1.29, 1.82) is 0 Å². The zero-order chi connectivity index (χ0) is 8.57. The zero-order valence-electron chi connectivity index (χ0n) is 5.73. The minimum atomic E-state index is -2.13. The second-order valence-electron chi connectivity index (χ2n) is 1.12. The molecule has 0 saturated heterocycles. The van der Waals surface area contributed by atoms with Gasteiger partial charge in [-0.2, -0.15) is 0 Å². The van der Waals surface area contributed by atoms with Crippen molar-refractivity contribution in [3.8, 4) is 0 Å². The SMILES string of the molecule is [CH2-]B(OC)OC.[Cl][Zr]([Cl])[Cl]. The van der Waals surface area contributed by atoms with Crippen LogP contribution in [0.4, 0.5) is 0 Å². The number of hydrogen-bond donors (Lipinski definition) is 0. The van der Waals surface area contributed by atoms with E-state index in [1.54, 1.807) is 14.2 Å². The van der Waals surface area contributed by atoms with E-state index in [4.69, 9.17) is 25.5 Å². The fourth-order valence-electron chi connectivity index (χ4n) is 0.0962. The molecule has 0 rings (SSSR count). The van der Waals surface area contributed by atoms with Gasteiger partial charge >= 0.3 is 43.7 Å². The van der Waals surface area contributed by atoms with Crippen molar-refractivity contribution in [2.24, 2.45) is 0 Å². The molecular formula is C3H8BCl3O2Zr-. The van der Waals surface area contributed by atoms with Gasteiger partial charge in [0.1, 0.15) is 0 Å². The Bertz CT molecular complexity index is 61.0. The molecule has 0 aliphatic carbocycles. The molecule has 0 heterocycles. The van der Waals surface area contributed by atoms with Crippen LogP contribution in [0, 0.1) is 6.82 Å². The van der Waals surface area contributed by atoms with Crippen LogP contribution < -0.4 is 0 Å². The average Bonchev–Trinajstić information content (AvgIpc) is 1.85. The van der Waals surface area contributed by atoms with Crippen LogP contribution >= 0.6 is 25.5 Å². The first-order chi connectivity index (χ1) is 4.54. The van der Waals surface area contributed by atoms with Crippen molar-refractivity contribution in [2.45, 2.75) is 0 Å². The molecule has 0 aliphatic heterocycles. The van der Waals surface area contributed by atoms with Crippen LogP contribution in [0.25, 0.3) is 0 Å². The molecule has 0 saturated carbocycles. The van der Waals surface area contributed by atoms with Crippen LogP contribution in [-0.4, -0.2) is 21.3 Å². The minimum absolute atomic E-state index is 0.315. The third-order valence-corrected chi connectivity index (χ3v) is 0.526. The Morgan fingerprint density at radius 1 is 1.20 bits per heavy atom. The van der Waals surface area contributed by atoms with E-state index >= 15 is 0 Å². The van der Waals surface area contributed by atoms with Gasteiger partial charge in [-0.05, 0) is 0 Å². The standard InChI is InChI=1S/C3H8BO2.3ClH.Zr/c1-4(5-2)6-3;;;;/h1H2,2-3H3;3*1H;/q-1;;;;+3/p-3. The monoisotopic (exact) mass is 282 g/mol. The molecule has 0 radical (unpaired) electrons. The first-order valence-corrected chi connectivity index (χ1v) is 11.8. The molecule has 0 bridgehead atoms. The van der Waals surface area contributed by atoms with Gasteiger partial charge in [0.25, 0.3) is 7.12 Å². The van der Waals surface area contributed by atoms with Crippen molar-refractivity contribution in [3.63, 3.8) is 0 Å². The second kappa shape index (κ2) is 10.7. The molecule has 0 aromatic heterocycles. The maximum absolute atomic E-state index is 5.00. The van der Waals surface area contributed by atoms with E-state index < -0.39 is 18.2 Å². The van der Waals surface area contributed by atoms with Crippen molar-refractivity contribution >= 4 is 32.7 Å². The first-order valence-electron chi connectivity index (χ1n) is 2.26. The molecule has 0 spiro atoms. The molecule has 61 valence electrons. The maximum atomic E-state index is 5.00. The van der Waals surface area contributed by atoms with E-state index in [-0.39, 0.29) is 7.12 Å². The number of hydrogen-bond acceptors (Lipinski definition) is 2. The van der Waals surface area contributed by atoms with Crippen molar-refractivity contribution < 1.29 is 27.5 Å².